The highest BCUT2D eigenvalue weighted by atomic mass is 35.5. The maximum Gasteiger partial charge on any atom is 0.130 e. The van der Waals surface area contributed by atoms with Crippen LogP contribution in [0.3, 0.4) is 0 Å². The van der Waals surface area contributed by atoms with Crippen LogP contribution in [0.1, 0.15) is 18.9 Å². The average molecular weight is 282 g/mol. The maximum atomic E-state index is 13.0. The highest BCUT2D eigenvalue weighted by molar-refractivity contribution is 6.31. The van der Waals surface area contributed by atoms with Crippen molar-refractivity contribution in [2.24, 2.45) is 5.11 Å². The third-order valence-corrected chi connectivity index (χ3v) is 2.98. The Morgan fingerprint density at radius 1 is 1.63 bits per heavy atom. The van der Waals surface area contributed by atoms with Gasteiger partial charge in [0.1, 0.15) is 11.4 Å². The van der Waals surface area contributed by atoms with E-state index in [2.05, 4.69) is 21.4 Å². The summed E-state index contributed by atoms with van der Waals surface area (Å²) < 4.78 is 13.0. The fraction of sp³-hybridized carbons (Fsp3) is 0.417. The summed E-state index contributed by atoms with van der Waals surface area (Å²) in [5, 5.41) is 15.9. The van der Waals surface area contributed by atoms with Crippen molar-refractivity contribution in [3.63, 3.8) is 0 Å². The second-order valence-corrected chi connectivity index (χ2v) is 4.50. The lowest BCUT2D eigenvalue weighted by atomic mass is 9.93. The van der Waals surface area contributed by atoms with Gasteiger partial charge in [0.25, 0.3) is 0 Å². The summed E-state index contributed by atoms with van der Waals surface area (Å²) in [6, 6.07) is 6.05. The third kappa shape index (κ3) is 4.11. The molecule has 0 saturated carbocycles. The predicted octanol–water partition coefficient (Wildman–Crippen LogP) is 3.51. The lowest BCUT2D eigenvalue weighted by Gasteiger charge is -2.24. The van der Waals surface area contributed by atoms with Crippen molar-refractivity contribution in [1.82, 2.24) is 5.32 Å². The Labute approximate surface area is 115 Å². The van der Waals surface area contributed by atoms with Crippen molar-refractivity contribution >= 4 is 11.6 Å². The molecule has 1 rings (SSSR count). The van der Waals surface area contributed by atoms with Crippen molar-refractivity contribution in [3.8, 4) is 6.07 Å². The van der Waals surface area contributed by atoms with Crippen molar-refractivity contribution in [2.45, 2.75) is 18.9 Å². The first-order chi connectivity index (χ1) is 9.03. The Bertz CT molecular complexity index is 535. The van der Waals surface area contributed by atoms with Crippen molar-refractivity contribution in [1.29, 1.82) is 5.26 Å². The lowest BCUT2D eigenvalue weighted by Crippen LogP contribution is -2.39. The molecule has 0 radical (unpaired) electrons. The van der Waals surface area contributed by atoms with Gasteiger partial charge < -0.3 is 0 Å². The Morgan fingerprint density at radius 2 is 2.37 bits per heavy atom. The molecule has 19 heavy (non-hydrogen) atoms. The number of rotatable bonds is 6. The zero-order chi connectivity index (χ0) is 14.3. The number of hydrogen-bond acceptors (Lipinski definition) is 3. The molecule has 0 heterocycles. The van der Waals surface area contributed by atoms with Gasteiger partial charge in [0.2, 0.25) is 0 Å². The number of benzene rings is 1. The number of halogens is 2. The smallest absolute Gasteiger partial charge is 0.130 e. The molecule has 100 valence electrons. The molecule has 0 amide bonds. The number of azide groups is 1. The van der Waals surface area contributed by atoms with E-state index in [1.807, 2.05) is 0 Å². The molecule has 0 aliphatic heterocycles. The SMILES string of the molecule is CC(C#N)(NCCCN=[N+]=[N-])c1ccc(F)cc1Cl. The minimum atomic E-state index is -1.01. The molecule has 7 heteroatoms. The number of nitrogens with one attached hydrogen (secondary N) is 1. The van der Waals surface area contributed by atoms with E-state index in [9.17, 15) is 9.65 Å². The molecule has 0 bridgehead atoms. The molecule has 1 aromatic carbocycles. The highest BCUT2D eigenvalue weighted by Gasteiger charge is 2.28. The molecule has 0 fully saturated rings. The van der Waals surface area contributed by atoms with Gasteiger partial charge in [0.05, 0.1) is 6.07 Å². The van der Waals surface area contributed by atoms with Crippen LogP contribution in [0, 0.1) is 17.1 Å². The zero-order valence-corrected chi connectivity index (χ0v) is 11.2. The number of hydrogen-bond donors (Lipinski definition) is 1. The second-order valence-electron chi connectivity index (χ2n) is 4.10. The second kappa shape index (κ2) is 6.95. The molecule has 0 saturated heterocycles. The van der Waals surface area contributed by atoms with Crippen LogP contribution in [0.25, 0.3) is 10.4 Å². The van der Waals surface area contributed by atoms with Crippen LogP contribution in [-0.2, 0) is 5.54 Å². The first kappa shape index (κ1) is 15.3. The van der Waals surface area contributed by atoms with E-state index in [1.165, 1.54) is 18.2 Å². The molecule has 1 atom stereocenters. The van der Waals surface area contributed by atoms with Crippen LogP contribution in [0.5, 0.6) is 0 Å². The highest BCUT2D eigenvalue weighted by Crippen LogP contribution is 2.28. The topological polar surface area (TPSA) is 84.6 Å². The summed E-state index contributed by atoms with van der Waals surface area (Å²) in [6.45, 7) is 2.50. The zero-order valence-electron chi connectivity index (χ0n) is 10.4. The summed E-state index contributed by atoms with van der Waals surface area (Å²) in [6.07, 6.45) is 0.597. The minimum absolute atomic E-state index is 0.201. The van der Waals surface area contributed by atoms with Gasteiger partial charge in [-0.15, -0.1) is 0 Å². The van der Waals surface area contributed by atoms with Crippen LogP contribution in [0.15, 0.2) is 23.3 Å². The van der Waals surface area contributed by atoms with Gasteiger partial charge in [-0.05, 0) is 37.6 Å². The fourth-order valence-electron chi connectivity index (χ4n) is 1.62. The fourth-order valence-corrected chi connectivity index (χ4v) is 1.98. The Morgan fingerprint density at radius 3 is 2.95 bits per heavy atom. The van der Waals surface area contributed by atoms with Crippen LogP contribution in [0.2, 0.25) is 5.02 Å². The molecular formula is C12H13ClFN5. The normalized spacial score (nSPS) is 13.2. The summed E-state index contributed by atoms with van der Waals surface area (Å²) in [5.74, 6) is -0.447. The Kier molecular flexibility index (Phi) is 5.58. The van der Waals surface area contributed by atoms with E-state index in [1.54, 1.807) is 6.92 Å². The van der Waals surface area contributed by atoms with Gasteiger partial charge in [-0.2, -0.15) is 5.26 Å². The molecule has 5 nitrogen and oxygen atoms in total. The molecule has 1 unspecified atom stereocenters. The van der Waals surface area contributed by atoms with Gasteiger partial charge >= 0.3 is 0 Å². The monoisotopic (exact) mass is 281 g/mol. The van der Waals surface area contributed by atoms with E-state index in [-0.39, 0.29) is 5.02 Å². The van der Waals surface area contributed by atoms with E-state index in [0.29, 0.717) is 25.1 Å². The first-order valence-electron chi connectivity index (χ1n) is 5.66. The van der Waals surface area contributed by atoms with Gasteiger partial charge in [0.15, 0.2) is 0 Å². The van der Waals surface area contributed by atoms with Crippen molar-refractivity contribution in [3.05, 3.63) is 45.0 Å². The van der Waals surface area contributed by atoms with E-state index < -0.39 is 11.4 Å². The predicted molar refractivity (Wildman–Crippen MR) is 71.0 cm³/mol. The standard InChI is InChI=1S/C12H13ClFN5/c1-12(8-15,17-5-2-6-18-19-16)10-4-3-9(14)7-11(10)13/h3-4,7,17H,2,5-6H2,1H3. The number of nitrogens with zero attached hydrogens (tertiary/aromatic N) is 4. The molecule has 1 N–H and O–H groups in total. The van der Waals surface area contributed by atoms with E-state index in [4.69, 9.17) is 17.1 Å². The molecule has 0 spiro atoms. The third-order valence-electron chi connectivity index (χ3n) is 2.67. The molecule has 1 aromatic rings. The van der Waals surface area contributed by atoms with Gasteiger partial charge in [-0.25, -0.2) is 4.39 Å². The van der Waals surface area contributed by atoms with Crippen LogP contribution in [-0.4, -0.2) is 13.1 Å². The first-order valence-corrected chi connectivity index (χ1v) is 6.04. The molecule has 0 aliphatic carbocycles. The van der Waals surface area contributed by atoms with Gasteiger partial charge in [-0.3, -0.25) is 5.32 Å². The van der Waals surface area contributed by atoms with E-state index >= 15 is 0 Å². The van der Waals surface area contributed by atoms with Gasteiger partial charge in [-0.1, -0.05) is 22.8 Å². The quantitative estimate of drug-likeness (QED) is 0.374. The summed E-state index contributed by atoms with van der Waals surface area (Å²) in [7, 11) is 0. The largest absolute Gasteiger partial charge is 0.296 e. The van der Waals surface area contributed by atoms with Crippen LogP contribution in [0.4, 0.5) is 4.39 Å². The number of nitriles is 1. The maximum absolute atomic E-state index is 13.0. The molecule has 0 aliphatic rings. The summed E-state index contributed by atoms with van der Waals surface area (Å²) in [4.78, 5) is 2.64. The van der Waals surface area contributed by atoms with Gasteiger partial charge in [0, 0.05) is 22.0 Å². The summed E-state index contributed by atoms with van der Waals surface area (Å²) in [5.41, 5.74) is 7.65. The van der Waals surface area contributed by atoms with Crippen molar-refractivity contribution in [2.75, 3.05) is 13.1 Å². The Balaban J connectivity index is 2.79. The minimum Gasteiger partial charge on any atom is -0.296 e. The Hall–Kier alpha value is -1.80. The molecular weight excluding hydrogens is 269 g/mol. The molecule has 0 aromatic heterocycles. The van der Waals surface area contributed by atoms with Crippen molar-refractivity contribution < 1.29 is 4.39 Å². The van der Waals surface area contributed by atoms with Crippen LogP contribution < -0.4 is 5.32 Å². The van der Waals surface area contributed by atoms with E-state index in [0.717, 1.165) is 0 Å². The average Bonchev–Trinajstić information content (AvgIpc) is 2.38. The van der Waals surface area contributed by atoms with Crippen LogP contribution >= 0.6 is 11.6 Å². The lowest BCUT2D eigenvalue weighted by molar-refractivity contribution is 0.461. The summed E-state index contributed by atoms with van der Waals surface area (Å²) >= 11 is 5.96.